The predicted octanol–water partition coefficient (Wildman–Crippen LogP) is 2.65. The summed E-state index contributed by atoms with van der Waals surface area (Å²) in [6.45, 7) is 7.43. The van der Waals surface area contributed by atoms with Crippen molar-refractivity contribution in [3.63, 3.8) is 0 Å². The van der Waals surface area contributed by atoms with E-state index in [0.717, 1.165) is 6.07 Å². The van der Waals surface area contributed by atoms with Crippen LogP contribution in [0.15, 0.2) is 18.2 Å². The van der Waals surface area contributed by atoms with Crippen LogP contribution in [-0.4, -0.2) is 67.7 Å². The van der Waals surface area contributed by atoms with Crippen LogP contribution in [-0.2, 0) is 18.8 Å². The van der Waals surface area contributed by atoms with Gasteiger partial charge in [0.1, 0.15) is 17.6 Å². The van der Waals surface area contributed by atoms with E-state index in [9.17, 15) is 14.0 Å². The lowest BCUT2D eigenvalue weighted by Gasteiger charge is -2.32. The van der Waals surface area contributed by atoms with Crippen molar-refractivity contribution < 1.29 is 37.9 Å². The van der Waals surface area contributed by atoms with E-state index in [1.807, 2.05) is 27.7 Å². The summed E-state index contributed by atoms with van der Waals surface area (Å²) in [5.74, 6) is -1.63. The number of hydrogen-bond donors (Lipinski definition) is 3. The molecule has 1 aromatic carbocycles. The Morgan fingerprint density at radius 1 is 1.22 bits per heavy atom. The van der Waals surface area contributed by atoms with Gasteiger partial charge in [-0.25, -0.2) is 9.18 Å². The van der Waals surface area contributed by atoms with Crippen molar-refractivity contribution in [2.24, 2.45) is 0 Å². The fourth-order valence-electron chi connectivity index (χ4n) is 2.98. The number of carboxylic acid groups (broad SMARTS) is 1. The summed E-state index contributed by atoms with van der Waals surface area (Å²) < 4.78 is 36.3. The molecule has 2 atom stereocenters. The van der Waals surface area contributed by atoms with Crippen LogP contribution in [0.25, 0.3) is 0 Å². The zero-order chi connectivity index (χ0) is 24.1. The quantitative estimate of drug-likeness (QED) is 0.447. The van der Waals surface area contributed by atoms with Gasteiger partial charge in [-0.15, -0.1) is 0 Å². The lowest BCUT2D eigenvalue weighted by atomic mass is 9.76. The second-order valence-electron chi connectivity index (χ2n) is 8.41. The molecule has 32 heavy (non-hydrogen) atoms. The highest BCUT2D eigenvalue weighted by Crippen LogP contribution is 2.37. The number of carbonyl (C=O) groups is 2. The summed E-state index contributed by atoms with van der Waals surface area (Å²) in [7, 11) is 0.539. The first kappa shape index (κ1) is 26.2. The van der Waals surface area contributed by atoms with Crippen LogP contribution in [0.2, 0.25) is 5.02 Å². The van der Waals surface area contributed by atoms with Crippen molar-refractivity contribution in [2.45, 2.75) is 57.3 Å². The molecule has 3 N–H and O–H groups in total. The van der Waals surface area contributed by atoms with Crippen LogP contribution in [0.3, 0.4) is 0 Å². The monoisotopic (exact) mass is 474 g/mol. The maximum absolute atomic E-state index is 13.6. The zero-order valence-corrected chi connectivity index (χ0v) is 19.5. The molecule has 1 aliphatic heterocycles. The minimum Gasteiger partial charge on any atom is -0.493 e. The highest BCUT2D eigenvalue weighted by molar-refractivity contribution is 6.48. The summed E-state index contributed by atoms with van der Waals surface area (Å²) in [5.41, 5.74) is -1.29. The van der Waals surface area contributed by atoms with E-state index in [2.05, 4.69) is 10.6 Å². The molecule has 0 spiro atoms. The van der Waals surface area contributed by atoms with Crippen molar-refractivity contribution in [1.29, 1.82) is 0 Å². The van der Waals surface area contributed by atoms with Gasteiger partial charge in [-0.2, -0.15) is 0 Å². The number of rotatable bonds is 10. The van der Waals surface area contributed by atoms with Crippen LogP contribution in [0.1, 0.15) is 34.1 Å². The van der Waals surface area contributed by atoms with Gasteiger partial charge in [-0.1, -0.05) is 11.6 Å². The normalized spacial score (nSPS) is 18.7. The van der Waals surface area contributed by atoms with Gasteiger partial charge in [0.2, 0.25) is 5.91 Å². The van der Waals surface area contributed by atoms with E-state index in [-0.39, 0.29) is 30.4 Å². The molecule has 178 valence electrons. The molecule has 0 aliphatic carbocycles. The number of hydrogen-bond acceptors (Lipinski definition) is 6. The minimum atomic E-state index is -1.36. The molecule has 12 heteroatoms. The smallest absolute Gasteiger partial charge is 0.481 e. The van der Waals surface area contributed by atoms with Crippen molar-refractivity contribution in [2.75, 3.05) is 20.3 Å². The van der Waals surface area contributed by atoms with Crippen LogP contribution >= 0.6 is 11.6 Å². The molecular formula is C20H29BClFN2O7. The Balaban J connectivity index is 2.12. The molecule has 1 heterocycles. The van der Waals surface area contributed by atoms with E-state index in [4.69, 9.17) is 35.5 Å². The lowest BCUT2D eigenvalue weighted by molar-refractivity contribution is -0.124. The van der Waals surface area contributed by atoms with Gasteiger partial charge in [0.25, 0.3) is 0 Å². The van der Waals surface area contributed by atoms with Crippen molar-refractivity contribution >= 4 is 30.7 Å². The number of halogens is 2. The summed E-state index contributed by atoms with van der Waals surface area (Å²) >= 11 is 5.68. The Hall–Kier alpha value is -2.08. The van der Waals surface area contributed by atoms with E-state index < -0.39 is 48.1 Å². The molecule has 0 unspecified atom stereocenters. The molecular weight excluding hydrogens is 445 g/mol. The molecule has 2 rings (SSSR count). The van der Waals surface area contributed by atoms with Crippen LogP contribution in [0.5, 0.6) is 5.75 Å². The lowest BCUT2D eigenvalue weighted by Crippen LogP contribution is -2.56. The summed E-state index contributed by atoms with van der Waals surface area (Å²) in [6.07, 6.45) is -1.12. The molecule has 1 aromatic rings. The molecule has 0 aromatic heterocycles. The average Bonchev–Trinajstić information content (AvgIpc) is 2.90. The third kappa shape index (κ3) is 6.71. The number of benzene rings is 1. The van der Waals surface area contributed by atoms with E-state index in [1.54, 1.807) is 0 Å². The van der Waals surface area contributed by atoms with E-state index >= 15 is 0 Å². The summed E-state index contributed by atoms with van der Waals surface area (Å²) in [6, 6.07) is 2.94. The Morgan fingerprint density at radius 2 is 1.84 bits per heavy atom. The third-order valence-electron chi connectivity index (χ3n) is 5.46. The van der Waals surface area contributed by atoms with Gasteiger partial charge in [-0.05, 0) is 39.8 Å². The van der Waals surface area contributed by atoms with Crippen molar-refractivity contribution in [3.05, 3.63) is 29.0 Å². The molecule has 1 aliphatic rings. The highest BCUT2D eigenvalue weighted by atomic mass is 35.5. The molecule has 1 fully saturated rings. The van der Waals surface area contributed by atoms with Crippen LogP contribution in [0.4, 0.5) is 9.18 Å². The molecule has 1 saturated heterocycles. The maximum atomic E-state index is 13.6. The molecule has 9 nitrogen and oxygen atoms in total. The van der Waals surface area contributed by atoms with Crippen molar-refractivity contribution in [3.8, 4) is 5.75 Å². The molecule has 2 amide bonds. The SMILES string of the molecule is COC[C@@H](NC(=O)O)C(=O)N[C@@H](CCOc1ccc(Cl)c(F)c1)B1OC(C)(C)C(C)(C)O1. The fraction of sp³-hybridized carbons (Fsp3) is 0.600. The van der Waals surface area contributed by atoms with Gasteiger partial charge in [0, 0.05) is 19.6 Å². The van der Waals surface area contributed by atoms with Crippen LogP contribution < -0.4 is 15.4 Å². The topological polar surface area (TPSA) is 115 Å². The minimum absolute atomic E-state index is 0.0187. The van der Waals surface area contributed by atoms with Gasteiger partial charge < -0.3 is 34.5 Å². The standard InChI is InChI=1S/C20H29BClFN2O7/c1-19(2)20(3,4)32-21(31-19)16(25-17(26)15(11-29-5)24-18(27)28)8-9-30-12-6-7-13(22)14(23)10-12/h6-7,10,15-16,24H,8-9,11H2,1-5H3,(H,25,26)(H,27,28)/t15-,16+/m1/s1. The molecule has 0 saturated carbocycles. The average molecular weight is 475 g/mol. The predicted molar refractivity (Wildman–Crippen MR) is 116 cm³/mol. The Morgan fingerprint density at radius 3 is 2.38 bits per heavy atom. The first-order chi connectivity index (χ1) is 14.9. The van der Waals surface area contributed by atoms with E-state index in [0.29, 0.717) is 0 Å². The Kier molecular flexibility index (Phi) is 8.75. The second kappa shape index (κ2) is 10.7. The summed E-state index contributed by atoms with van der Waals surface area (Å²) in [5, 5.41) is 13.9. The number of carbonyl (C=O) groups excluding carboxylic acids is 1. The first-order valence-corrected chi connectivity index (χ1v) is 10.5. The fourth-order valence-corrected chi connectivity index (χ4v) is 3.10. The van der Waals surface area contributed by atoms with Gasteiger partial charge in [0.15, 0.2) is 0 Å². The zero-order valence-electron chi connectivity index (χ0n) is 18.7. The molecule has 0 radical (unpaired) electrons. The Bertz CT molecular complexity index is 811. The van der Waals surface area contributed by atoms with E-state index in [1.165, 1.54) is 19.2 Å². The highest BCUT2D eigenvalue weighted by Gasteiger charge is 2.54. The first-order valence-electron chi connectivity index (χ1n) is 10.1. The molecule has 0 bridgehead atoms. The number of amides is 2. The van der Waals surface area contributed by atoms with Gasteiger partial charge in [-0.3, -0.25) is 4.79 Å². The number of ether oxygens (including phenoxy) is 2. The summed E-state index contributed by atoms with van der Waals surface area (Å²) in [4.78, 5) is 23.8. The maximum Gasteiger partial charge on any atom is 0.481 e. The third-order valence-corrected chi connectivity index (χ3v) is 5.77. The van der Waals surface area contributed by atoms with Gasteiger partial charge in [0.05, 0.1) is 35.4 Å². The second-order valence-corrected chi connectivity index (χ2v) is 8.82. The largest absolute Gasteiger partial charge is 0.493 e. The Labute approximate surface area is 192 Å². The van der Waals surface area contributed by atoms with Gasteiger partial charge >= 0.3 is 13.2 Å². The van der Waals surface area contributed by atoms with Crippen molar-refractivity contribution in [1.82, 2.24) is 10.6 Å². The number of methoxy groups -OCH3 is 1. The number of nitrogens with one attached hydrogen (secondary N) is 2. The van der Waals surface area contributed by atoms with Crippen LogP contribution in [0, 0.1) is 5.82 Å².